The Morgan fingerprint density at radius 2 is 1.95 bits per heavy atom. The zero-order valence-electron chi connectivity index (χ0n) is 11.8. The predicted octanol–water partition coefficient (Wildman–Crippen LogP) is 5.07. The van der Waals surface area contributed by atoms with Crippen LogP contribution in [0, 0.1) is 3.57 Å². The van der Waals surface area contributed by atoms with Crippen LogP contribution < -0.4 is 4.74 Å². The fourth-order valence-electron chi connectivity index (χ4n) is 2.11. The molecular formula is C16H16ClIN2O. The van der Waals surface area contributed by atoms with Crippen molar-refractivity contribution in [2.45, 2.75) is 32.1 Å². The lowest BCUT2D eigenvalue weighted by Gasteiger charge is -2.09. The SMILES string of the molecule is CCCOc1ccc(-c2nc(Cl)c(I)c(C3CC3)n2)cc1. The van der Waals surface area contributed by atoms with E-state index in [4.69, 9.17) is 21.3 Å². The number of benzene rings is 1. The van der Waals surface area contributed by atoms with Gasteiger partial charge in [0.2, 0.25) is 0 Å². The van der Waals surface area contributed by atoms with E-state index >= 15 is 0 Å². The molecule has 5 heteroatoms. The van der Waals surface area contributed by atoms with Crippen molar-refractivity contribution >= 4 is 34.2 Å². The van der Waals surface area contributed by atoms with Crippen molar-refractivity contribution in [3.8, 4) is 17.1 Å². The van der Waals surface area contributed by atoms with Gasteiger partial charge in [0.15, 0.2) is 5.82 Å². The molecule has 1 saturated carbocycles. The van der Waals surface area contributed by atoms with E-state index in [0.717, 1.165) is 33.6 Å². The van der Waals surface area contributed by atoms with Crippen molar-refractivity contribution in [2.75, 3.05) is 6.61 Å². The van der Waals surface area contributed by atoms with Gasteiger partial charge in [0.1, 0.15) is 10.9 Å². The van der Waals surface area contributed by atoms with Crippen molar-refractivity contribution in [3.63, 3.8) is 0 Å². The van der Waals surface area contributed by atoms with Gasteiger partial charge in [-0.2, -0.15) is 0 Å². The van der Waals surface area contributed by atoms with E-state index in [1.54, 1.807) is 0 Å². The zero-order chi connectivity index (χ0) is 14.8. The number of ether oxygens (including phenoxy) is 1. The summed E-state index contributed by atoms with van der Waals surface area (Å²) in [5.74, 6) is 2.13. The Morgan fingerprint density at radius 3 is 2.57 bits per heavy atom. The standard InChI is InChI=1S/C16H16ClIN2O/c1-2-9-21-12-7-5-11(6-8-12)16-19-14(10-3-4-10)13(18)15(17)20-16/h5-8,10H,2-4,9H2,1H3. The molecule has 0 atom stereocenters. The lowest BCUT2D eigenvalue weighted by Crippen LogP contribution is -2.00. The molecule has 1 aromatic heterocycles. The molecule has 0 aliphatic heterocycles. The van der Waals surface area contributed by atoms with Crippen molar-refractivity contribution in [3.05, 3.63) is 38.7 Å². The van der Waals surface area contributed by atoms with Crippen LogP contribution in [0.2, 0.25) is 5.15 Å². The maximum atomic E-state index is 6.26. The minimum absolute atomic E-state index is 0.550. The molecule has 0 amide bonds. The van der Waals surface area contributed by atoms with Gasteiger partial charge in [-0.15, -0.1) is 0 Å². The first kappa shape index (κ1) is 15.0. The summed E-state index contributed by atoms with van der Waals surface area (Å²) in [6.07, 6.45) is 3.40. The first-order valence-corrected chi connectivity index (χ1v) is 8.61. The molecule has 0 spiro atoms. The first-order valence-electron chi connectivity index (χ1n) is 7.15. The minimum atomic E-state index is 0.550. The van der Waals surface area contributed by atoms with Gasteiger partial charge in [-0.1, -0.05) is 18.5 Å². The maximum Gasteiger partial charge on any atom is 0.161 e. The van der Waals surface area contributed by atoms with Crippen LogP contribution in [0.3, 0.4) is 0 Å². The van der Waals surface area contributed by atoms with Gasteiger partial charge in [0, 0.05) is 11.5 Å². The number of aromatic nitrogens is 2. The van der Waals surface area contributed by atoms with Gasteiger partial charge in [-0.05, 0) is 66.1 Å². The zero-order valence-corrected chi connectivity index (χ0v) is 14.7. The molecular weight excluding hydrogens is 399 g/mol. The fourth-order valence-corrected chi connectivity index (χ4v) is 2.97. The highest BCUT2D eigenvalue weighted by atomic mass is 127. The Bertz CT molecular complexity index is 641. The topological polar surface area (TPSA) is 35.0 Å². The highest BCUT2D eigenvalue weighted by Gasteiger charge is 2.29. The van der Waals surface area contributed by atoms with Crippen molar-refractivity contribution in [2.24, 2.45) is 0 Å². The third-order valence-electron chi connectivity index (χ3n) is 3.39. The molecule has 0 bridgehead atoms. The van der Waals surface area contributed by atoms with E-state index in [1.165, 1.54) is 12.8 Å². The van der Waals surface area contributed by atoms with Crippen molar-refractivity contribution in [1.82, 2.24) is 9.97 Å². The second-order valence-electron chi connectivity index (χ2n) is 5.18. The molecule has 3 nitrogen and oxygen atoms in total. The highest BCUT2D eigenvalue weighted by Crippen LogP contribution is 2.42. The smallest absolute Gasteiger partial charge is 0.161 e. The second-order valence-corrected chi connectivity index (χ2v) is 6.62. The van der Waals surface area contributed by atoms with E-state index in [9.17, 15) is 0 Å². The number of rotatable bonds is 5. The van der Waals surface area contributed by atoms with E-state index < -0.39 is 0 Å². The molecule has 0 saturated heterocycles. The summed E-state index contributed by atoms with van der Waals surface area (Å²) in [4.78, 5) is 9.12. The third-order valence-corrected chi connectivity index (χ3v) is 5.04. The summed E-state index contributed by atoms with van der Waals surface area (Å²) < 4.78 is 6.58. The number of hydrogen-bond acceptors (Lipinski definition) is 3. The molecule has 0 unspecified atom stereocenters. The molecule has 1 fully saturated rings. The summed E-state index contributed by atoms with van der Waals surface area (Å²) in [5, 5.41) is 0.550. The normalized spacial score (nSPS) is 14.2. The van der Waals surface area contributed by atoms with E-state index in [2.05, 4.69) is 34.5 Å². The Kier molecular flexibility index (Phi) is 4.64. The van der Waals surface area contributed by atoms with E-state index in [-0.39, 0.29) is 0 Å². The van der Waals surface area contributed by atoms with Crippen LogP contribution in [0.15, 0.2) is 24.3 Å². The Balaban J connectivity index is 1.89. The maximum absolute atomic E-state index is 6.26. The average Bonchev–Trinajstić information content (AvgIpc) is 3.33. The van der Waals surface area contributed by atoms with Gasteiger partial charge in [0.25, 0.3) is 0 Å². The van der Waals surface area contributed by atoms with Gasteiger partial charge in [-0.3, -0.25) is 0 Å². The Morgan fingerprint density at radius 1 is 1.24 bits per heavy atom. The molecule has 1 aliphatic rings. The van der Waals surface area contributed by atoms with Gasteiger partial charge in [-0.25, -0.2) is 9.97 Å². The molecule has 110 valence electrons. The molecule has 0 radical (unpaired) electrons. The first-order chi connectivity index (χ1) is 10.2. The van der Waals surface area contributed by atoms with Gasteiger partial charge < -0.3 is 4.74 Å². The summed E-state index contributed by atoms with van der Waals surface area (Å²) in [6.45, 7) is 2.83. The fraction of sp³-hybridized carbons (Fsp3) is 0.375. The lowest BCUT2D eigenvalue weighted by molar-refractivity contribution is 0.317. The third kappa shape index (κ3) is 3.48. The van der Waals surface area contributed by atoms with Crippen LogP contribution in [-0.4, -0.2) is 16.6 Å². The van der Waals surface area contributed by atoms with Crippen LogP contribution in [0.5, 0.6) is 5.75 Å². The molecule has 3 rings (SSSR count). The number of halogens is 2. The summed E-state index contributed by atoms with van der Waals surface area (Å²) in [5.41, 5.74) is 2.07. The van der Waals surface area contributed by atoms with Crippen molar-refractivity contribution < 1.29 is 4.74 Å². The predicted molar refractivity (Wildman–Crippen MR) is 93.0 cm³/mol. The number of hydrogen-bond donors (Lipinski definition) is 0. The van der Waals surface area contributed by atoms with Crippen LogP contribution in [0.4, 0.5) is 0 Å². The Labute approximate surface area is 143 Å². The minimum Gasteiger partial charge on any atom is -0.494 e. The summed E-state index contributed by atoms with van der Waals surface area (Å²) in [6, 6.07) is 7.88. The van der Waals surface area contributed by atoms with Gasteiger partial charge in [0.05, 0.1) is 15.9 Å². The van der Waals surface area contributed by atoms with Crippen LogP contribution in [0.1, 0.15) is 37.8 Å². The van der Waals surface area contributed by atoms with Crippen LogP contribution >= 0.6 is 34.2 Å². The molecule has 0 N–H and O–H groups in total. The molecule has 21 heavy (non-hydrogen) atoms. The summed E-state index contributed by atoms with van der Waals surface area (Å²) >= 11 is 8.50. The largest absolute Gasteiger partial charge is 0.494 e. The lowest BCUT2D eigenvalue weighted by atomic mass is 10.2. The molecule has 1 aliphatic carbocycles. The van der Waals surface area contributed by atoms with E-state index in [0.29, 0.717) is 16.9 Å². The molecule has 1 aromatic carbocycles. The van der Waals surface area contributed by atoms with Gasteiger partial charge >= 0.3 is 0 Å². The van der Waals surface area contributed by atoms with Crippen molar-refractivity contribution in [1.29, 1.82) is 0 Å². The highest BCUT2D eigenvalue weighted by molar-refractivity contribution is 14.1. The monoisotopic (exact) mass is 414 g/mol. The van der Waals surface area contributed by atoms with Crippen LogP contribution in [0.25, 0.3) is 11.4 Å². The average molecular weight is 415 g/mol. The molecule has 2 aromatic rings. The quantitative estimate of drug-likeness (QED) is 0.506. The van der Waals surface area contributed by atoms with E-state index in [1.807, 2.05) is 24.3 Å². The van der Waals surface area contributed by atoms with Crippen LogP contribution in [-0.2, 0) is 0 Å². The summed E-state index contributed by atoms with van der Waals surface area (Å²) in [7, 11) is 0. The Hall–Kier alpha value is -0.880. The second kappa shape index (κ2) is 6.48. The molecule has 1 heterocycles. The number of nitrogens with zero attached hydrogens (tertiary/aromatic N) is 2.